The minimum absolute atomic E-state index is 0.00715. The second-order valence-corrected chi connectivity index (χ2v) is 9.60. The SMILES string of the molecule is CC1(C)CN[C@@](CN2CC[C@H](F)C2)(C(=O)Cc2ccc(C(F)(F)F)cc2)c2ccccc21. The molecule has 2 aromatic rings. The number of nitrogens with one attached hydrogen (secondary N) is 1. The Morgan fingerprint density at radius 3 is 2.34 bits per heavy atom. The maximum atomic E-state index is 13.9. The van der Waals surface area contributed by atoms with Crippen molar-refractivity contribution in [3.63, 3.8) is 0 Å². The van der Waals surface area contributed by atoms with Crippen molar-refractivity contribution in [1.29, 1.82) is 0 Å². The molecule has 1 saturated heterocycles. The molecule has 0 aliphatic carbocycles. The van der Waals surface area contributed by atoms with Crippen LogP contribution in [0, 0.1) is 0 Å². The molecule has 0 spiro atoms. The van der Waals surface area contributed by atoms with Crippen LogP contribution >= 0.6 is 0 Å². The topological polar surface area (TPSA) is 32.3 Å². The number of rotatable bonds is 5. The summed E-state index contributed by atoms with van der Waals surface area (Å²) in [5, 5.41) is 3.48. The first-order chi connectivity index (χ1) is 15.0. The Bertz CT molecular complexity index is 986. The molecule has 172 valence electrons. The summed E-state index contributed by atoms with van der Waals surface area (Å²) < 4.78 is 52.7. The summed E-state index contributed by atoms with van der Waals surface area (Å²) in [5.41, 5.74) is 0.487. The Labute approximate surface area is 185 Å². The van der Waals surface area contributed by atoms with Crippen molar-refractivity contribution in [2.45, 2.75) is 50.0 Å². The van der Waals surface area contributed by atoms with Gasteiger partial charge in [-0.15, -0.1) is 0 Å². The summed E-state index contributed by atoms with van der Waals surface area (Å²) >= 11 is 0. The van der Waals surface area contributed by atoms with E-state index < -0.39 is 23.5 Å². The number of carbonyl (C=O) groups is 1. The van der Waals surface area contributed by atoms with Gasteiger partial charge >= 0.3 is 6.18 Å². The van der Waals surface area contributed by atoms with Gasteiger partial charge < -0.3 is 0 Å². The van der Waals surface area contributed by atoms with Gasteiger partial charge in [-0.3, -0.25) is 15.0 Å². The maximum Gasteiger partial charge on any atom is 0.416 e. The van der Waals surface area contributed by atoms with Crippen LogP contribution in [0.5, 0.6) is 0 Å². The Morgan fingerprint density at radius 1 is 1.09 bits per heavy atom. The predicted molar refractivity (Wildman–Crippen MR) is 115 cm³/mol. The van der Waals surface area contributed by atoms with Crippen LogP contribution in [-0.4, -0.2) is 43.0 Å². The van der Waals surface area contributed by atoms with Crippen molar-refractivity contribution in [2.75, 3.05) is 26.2 Å². The van der Waals surface area contributed by atoms with Crippen LogP contribution in [0.3, 0.4) is 0 Å². The van der Waals surface area contributed by atoms with Crippen LogP contribution in [0.25, 0.3) is 0 Å². The van der Waals surface area contributed by atoms with Crippen LogP contribution in [0.15, 0.2) is 48.5 Å². The molecule has 0 bridgehead atoms. The third-order valence-corrected chi connectivity index (χ3v) is 6.75. The molecular formula is C25H28F4N2O. The highest BCUT2D eigenvalue weighted by molar-refractivity contribution is 5.92. The Hall–Kier alpha value is -2.25. The van der Waals surface area contributed by atoms with E-state index in [-0.39, 0.29) is 24.2 Å². The first-order valence-corrected chi connectivity index (χ1v) is 10.9. The molecule has 3 nitrogen and oxygen atoms in total. The highest BCUT2D eigenvalue weighted by Crippen LogP contribution is 2.40. The summed E-state index contributed by atoms with van der Waals surface area (Å²) in [6, 6.07) is 12.5. The highest BCUT2D eigenvalue weighted by atomic mass is 19.4. The molecule has 0 amide bonds. The van der Waals surface area contributed by atoms with E-state index >= 15 is 0 Å². The first kappa shape index (κ1) is 22.9. The Balaban J connectivity index is 1.69. The summed E-state index contributed by atoms with van der Waals surface area (Å²) in [4.78, 5) is 15.8. The number of hydrogen-bond acceptors (Lipinski definition) is 3. The molecule has 2 atom stereocenters. The number of halogens is 4. The molecule has 7 heteroatoms. The second kappa shape index (κ2) is 8.27. The van der Waals surface area contributed by atoms with E-state index in [9.17, 15) is 22.4 Å². The quantitative estimate of drug-likeness (QED) is 0.677. The van der Waals surface area contributed by atoms with E-state index in [1.54, 1.807) is 0 Å². The molecule has 0 radical (unpaired) electrons. The van der Waals surface area contributed by atoms with Crippen molar-refractivity contribution in [3.05, 3.63) is 70.8 Å². The number of carbonyl (C=O) groups excluding carboxylic acids is 1. The number of alkyl halides is 4. The lowest BCUT2D eigenvalue weighted by Gasteiger charge is -2.47. The highest BCUT2D eigenvalue weighted by Gasteiger charge is 2.48. The van der Waals surface area contributed by atoms with Gasteiger partial charge in [0, 0.05) is 38.0 Å². The molecule has 1 fully saturated rings. The number of ketones is 1. The van der Waals surface area contributed by atoms with Gasteiger partial charge in [-0.2, -0.15) is 13.2 Å². The molecular weight excluding hydrogens is 420 g/mol. The monoisotopic (exact) mass is 448 g/mol. The fraction of sp³-hybridized carbons (Fsp3) is 0.480. The zero-order chi connectivity index (χ0) is 23.1. The minimum Gasteiger partial charge on any atom is -0.299 e. The molecule has 2 aromatic carbocycles. The largest absolute Gasteiger partial charge is 0.416 e. The van der Waals surface area contributed by atoms with E-state index in [2.05, 4.69) is 19.2 Å². The molecule has 2 heterocycles. The molecule has 4 rings (SSSR count). The number of fused-ring (bicyclic) bond motifs is 1. The van der Waals surface area contributed by atoms with Crippen LogP contribution in [-0.2, 0) is 28.3 Å². The van der Waals surface area contributed by atoms with Gasteiger partial charge in [0.2, 0.25) is 0 Å². The molecule has 0 saturated carbocycles. The number of likely N-dealkylation sites (tertiary alicyclic amines) is 1. The van der Waals surface area contributed by atoms with Gasteiger partial charge in [-0.05, 0) is 35.2 Å². The van der Waals surface area contributed by atoms with Crippen LogP contribution in [0.1, 0.15) is 42.5 Å². The van der Waals surface area contributed by atoms with E-state index in [0.29, 0.717) is 31.6 Å². The zero-order valence-corrected chi connectivity index (χ0v) is 18.3. The van der Waals surface area contributed by atoms with Crippen molar-refractivity contribution in [3.8, 4) is 0 Å². The summed E-state index contributed by atoms with van der Waals surface area (Å²) in [7, 11) is 0. The number of hydrogen-bond donors (Lipinski definition) is 1. The second-order valence-electron chi connectivity index (χ2n) is 9.60. The first-order valence-electron chi connectivity index (χ1n) is 10.9. The van der Waals surface area contributed by atoms with Crippen LogP contribution in [0.4, 0.5) is 17.6 Å². The molecule has 0 aromatic heterocycles. The average Bonchev–Trinajstić information content (AvgIpc) is 3.15. The van der Waals surface area contributed by atoms with Crippen LogP contribution < -0.4 is 5.32 Å². The number of Topliss-reactive ketones (excluding diaryl/α,β-unsaturated/α-hetero) is 1. The fourth-order valence-corrected chi connectivity index (χ4v) is 4.90. The van der Waals surface area contributed by atoms with E-state index in [4.69, 9.17) is 0 Å². The van der Waals surface area contributed by atoms with Gasteiger partial charge in [0.25, 0.3) is 0 Å². The van der Waals surface area contributed by atoms with E-state index in [1.807, 2.05) is 29.2 Å². The summed E-state index contributed by atoms with van der Waals surface area (Å²) in [5.74, 6) is -0.123. The lowest BCUT2D eigenvalue weighted by Crippen LogP contribution is -2.62. The van der Waals surface area contributed by atoms with E-state index in [1.165, 1.54) is 12.1 Å². The lowest BCUT2D eigenvalue weighted by molar-refractivity contribution is -0.137. The minimum atomic E-state index is -4.42. The van der Waals surface area contributed by atoms with Gasteiger partial charge in [-0.1, -0.05) is 50.2 Å². The van der Waals surface area contributed by atoms with Gasteiger partial charge in [0.05, 0.1) is 5.56 Å². The number of nitrogens with zero attached hydrogens (tertiary/aromatic N) is 1. The molecule has 2 aliphatic rings. The van der Waals surface area contributed by atoms with Gasteiger partial charge in [0.1, 0.15) is 11.7 Å². The third kappa shape index (κ3) is 4.33. The lowest BCUT2D eigenvalue weighted by atomic mass is 9.69. The molecule has 1 N–H and O–H groups in total. The smallest absolute Gasteiger partial charge is 0.299 e. The Kier molecular flexibility index (Phi) is 5.92. The maximum absolute atomic E-state index is 13.9. The normalized spacial score (nSPS) is 25.5. The molecule has 0 unspecified atom stereocenters. The third-order valence-electron chi connectivity index (χ3n) is 6.75. The van der Waals surface area contributed by atoms with E-state index in [0.717, 1.165) is 23.3 Å². The molecule has 2 aliphatic heterocycles. The fourth-order valence-electron chi connectivity index (χ4n) is 4.90. The van der Waals surface area contributed by atoms with Crippen LogP contribution in [0.2, 0.25) is 0 Å². The van der Waals surface area contributed by atoms with Crippen molar-refractivity contribution in [1.82, 2.24) is 10.2 Å². The Morgan fingerprint density at radius 2 is 1.75 bits per heavy atom. The average molecular weight is 449 g/mol. The zero-order valence-electron chi connectivity index (χ0n) is 18.3. The summed E-state index contributed by atoms with van der Waals surface area (Å²) in [6.45, 7) is 5.97. The van der Waals surface area contributed by atoms with Gasteiger partial charge in [-0.25, -0.2) is 4.39 Å². The van der Waals surface area contributed by atoms with Crippen molar-refractivity contribution in [2.24, 2.45) is 0 Å². The molecule has 32 heavy (non-hydrogen) atoms. The standard InChI is InChI=1S/C25H28F4N2O/c1-23(2)15-30-24(16-31-12-11-19(26)14-31,21-6-4-3-5-20(21)23)22(32)13-17-7-9-18(10-8-17)25(27,28)29/h3-10,19,30H,11-16H2,1-2H3/t19-,24+/m0/s1. The summed E-state index contributed by atoms with van der Waals surface area (Å²) in [6.07, 6.45) is -4.90. The van der Waals surface area contributed by atoms with Gasteiger partial charge in [0.15, 0.2) is 5.78 Å². The predicted octanol–water partition coefficient (Wildman–Crippen LogP) is 4.64. The van der Waals surface area contributed by atoms with Crippen molar-refractivity contribution < 1.29 is 22.4 Å². The van der Waals surface area contributed by atoms with Crippen molar-refractivity contribution >= 4 is 5.78 Å². The number of benzene rings is 2.